The molecule has 0 radical (unpaired) electrons. The van der Waals surface area contributed by atoms with Crippen LogP contribution < -0.4 is 10.3 Å². The van der Waals surface area contributed by atoms with E-state index < -0.39 is 0 Å². The summed E-state index contributed by atoms with van der Waals surface area (Å²) < 4.78 is 9.32. The number of ether oxygens (including phenoxy) is 1. The lowest BCUT2D eigenvalue weighted by Gasteiger charge is -2.08. The Bertz CT molecular complexity index is 1110. The summed E-state index contributed by atoms with van der Waals surface area (Å²) in [5.41, 5.74) is 3.18. The summed E-state index contributed by atoms with van der Waals surface area (Å²) in [4.78, 5) is 13.2. The highest BCUT2D eigenvalue weighted by atomic mass is 16.5. The zero-order valence-electron chi connectivity index (χ0n) is 14.7. The normalized spacial score (nSPS) is 11.0. The molecule has 0 atom stereocenters. The smallest absolute Gasteiger partial charge is 0.284 e. The highest BCUT2D eigenvalue weighted by Gasteiger charge is 2.22. The van der Waals surface area contributed by atoms with Gasteiger partial charge in [0.1, 0.15) is 5.39 Å². The van der Waals surface area contributed by atoms with Crippen LogP contribution in [-0.2, 0) is 7.05 Å². The fourth-order valence-corrected chi connectivity index (χ4v) is 3.26. The molecule has 5 nitrogen and oxygen atoms in total. The zero-order chi connectivity index (χ0) is 18.1. The quantitative estimate of drug-likeness (QED) is 0.565. The Morgan fingerprint density at radius 3 is 2.31 bits per heavy atom. The summed E-state index contributed by atoms with van der Waals surface area (Å²) in [6.07, 6.45) is 1.72. The lowest BCUT2D eigenvalue weighted by Crippen LogP contribution is -2.21. The number of fused-ring (bicyclic) bond motifs is 1. The van der Waals surface area contributed by atoms with Crippen molar-refractivity contribution in [2.24, 2.45) is 7.05 Å². The van der Waals surface area contributed by atoms with E-state index in [-0.39, 0.29) is 5.56 Å². The monoisotopic (exact) mass is 345 g/mol. The molecule has 130 valence electrons. The van der Waals surface area contributed by atoms with Crippen molar-refractivity contribution in [1.82, 2.24) is 14.3 Å². The average molecular weight is 345 g/mol. The molecule has 0 N–H and O–H groups in total. The number of aryl methyl sites for hydroxylation is 1. The second kappa shape index (κ2) is 6.52. The lowest BCUT2D eigenvalue weighted by atomic mass is 10.1. The van der Waals surface area contributed by atoms with Gasteiger partial charge in [0.2, 0.25) is 0 Å². The molecule has 0 fully saturated rings. The van der Waals surface area contributed by atoms with Crippen LogP contribution in [0, 0.1) is 0 Å². The van der Waals surface area contributed by atoms with Crippen LogP contribution in [0.1, 0.15) is 6.92 Å². The van der Waals surface area contributed by atoms with Crippen molar-refractivity contribution in [3.05, 3.63) is 77.2 Å². The number of benzene rings is 2. The van der Waals surface area contributed by atoms with Crippen molar-refractivity contribution in [1.29, 1.82) is 0 Å². The van der Waals surface area contributed by atoms with E-state index in [1.807, 2.05) is 79.2 Å². The van der Waals surface area contributed by atoms with Crippen LogP contribution in [0.3, 0.4) is 0 Å². The summed E-state index contributed by atoms with van der Waals surface area (Å²) in [5, 5.41) is 4.92. The fraction of sp³-hybridized carbons (Fsp3) is 0.143. The van der Waals surface area contributed by atoms with E-state index >= 15 is 0 Å². The summed E-state index contributed by atoms with van der Waals surface area (Å²) in [6.45, 7) is 2.40. The van der Waals surface area contributed by atoms with E-state index in [0.717, 1.165) is 22.5 Å². The number of para-hydroxylation sites is 1. The van der Waals surface area contributed by atoms with Gasteiger partial charge < -0.3 is 9.30 Å². The summed E-state index contributed by atoms with van der Waals surface area (Å²) in [6, 6.07) is 19.4. The molecule has 5 heteroatoms. The van der Waals surface area contributed by atoms with Gasteiger partial charge in [0.05, 0.1) is 29.7 Å². The highest BCUT2D eigenvalue weighted by Crippen LogP contribution is 2.37. The second-order valence-electron chi connectivity index (χ2n) is 5.99. The Kier molecular flexibility index (Phi) is 4.05. The van der Waals surface area contributed by atoms with E-state index in [1.54, 1.807) is 6.20 Å². The molecule has 2 aromatic heterocycles. The molecule has 0 saturated heterocycles. The van der Waals surface area contributed by atoms with Gasteiger partial charge in [-0.15, -0.1) is 0 Å². The molecule has 0 saturated carbocycles. The molecule has 4 aromatic rings. The van der Waals surface area contributed by atoms with Gasteiger partial charge in [0.25, 0.3) is 5.56 Å². The average Bonchev–Trinajstić information content (AvgIpc) is 2.96. The maximum Gasteiger partial charge on any atom is 0.284 e. The van der Waals surface area contributed by atoms with Crippen molar-refractivity contribution in [2.75, 3.05) is 6.61 Å². The van der Waals surface area contributed by atoms with Gasteiger partial charge in [-0.3, -0.25) is 4.79 Å². The number of rotatable bonds is 4. The van der Waals surface area contributed by atoms with Crippen LogP contribution in [0.5, 0.6) is 5.75 Å². The zero-order valence-corrected chi connectivity index (χ0v) is 14.7. The molecule has 0 aliphatic heterocycles. The third-order valence-electron chi connectivity index (χ3n) is 4.43. The molecular weight excluding hydrogens is 326 g/mol. The first kappa shape index (κ1) is 16.1. The van der Waals surface area contributed by atoms with Crippen molar-refractivity contribution < 1.29 is 4.74 Å². The van der Waals surface area contributed by atoms with Gasteiger partial charge in [-0.1, -0.05) is 48.5 Å². The van der Waals surface area contributed by atoms with E-state index in [2.05, 4.69) is 5.10 Å². The van der Waals surface area contributed by atoms with E-state index in [4.69, 9.17) is 4.74 Å². The standard InChI is InChI=1S/C21H19N3O2/c1-3-26-20-18-17(23(2)19(20)15-10-6-4-7-11-15)14-22-24(21(18)25)16-12-8-5-9-13-16/h4-14H,3H2,1-2H3. The molecule has 0 spiro atoms. The fourth-order valence-electron chi connectivity index (χ4n) is 3.26. The molecule has 0 aliphatic rings. The first-order valence-electron chi connectivity index (χ1n) is 8.56. The Morgan fingerprint density at radius 1 is 1.00 bits per heavy atom. The topological polar surface area (TPSA) is 49.0 Å². The van der Waals surface area contributed by atoms with Crippen molar-refractivity contribution >= 4 is 10.9 Å². The molecule has 26 heavy (non-hydrogen) atoms. The number of aromatic nitrogens is 3. The molecule has 0 aliphatic carbocycles. The first-order valence-corrected chi connectivity index (χ1v) is 8.56. The van der Waals surface area contributed by atoms with Crippen molar-refractivity contribution in [3.63, 3.8) is 0 Å². The molecular formula is C21H19N3O2. The summed E-state index contributed by atoms with van der Waals surface area (Å²) in [5.74, 6) is 0.605. The summed E-state index contributed by atoms with van der Waals surface area (Å²) >= 11 is 0. The van der Waals surface area contributed by atoms with E-state index in [0.29, 0.717) is 17.7 Å². The Labute approximate surface area is 151 Å². The van der Waals surface area contributed by atoms with Gasteiger partial charge >= 0.3 is 0 Å². The van der Waals surface area contributed by atoms with Gasteiger partial charge in [-0.05, 0) is 19.1 Å². The SMILES string of the molecule is CCOc1c(-c2ccccc2)n(C)c2cnn(-c3ccccc3)c(=O)c12. The second-order valence-corrected chi connectivity index (χ2v) is 5.99. The molecule has 0 unspecified atom stereocenters. The van der Waals surface area contributed by atoms with E-state index in [1.165, 1.54) is 4.68 Å². The third kappa shape index (κ3) is 2.49. The molecule has 0 bridgehead atoms. The number of hydrogen-bond acceptors (Lipinski definition) is 3. The molecule has 2 heterocycles. The highest BCUT2D eigenvalue weighted by molar-refractivity contribution is 5.94. The van der Waals surface area contributed by atoms with Crippen LogP contribution in [-0.4, -0.2) is 21.0 Å². The minimum Gasteiger partial charge on any atom is -0.491 e. The van der Waals surface area contributed by atoms with Crippen LogP contribution >= 0.6 is 0 Å². The molecule has 4 rings (SSSR count). The van der Waals surface area contributed by atoms with Gasteiger partial charge in [0, 0.05) is 12.6 Å². The van der Waals surface area contributed by atoms with Crippen molar-refractivity contribution in [2.45, 2.75) is 6.92 Å². The van der Waals surface area contributed by atoms with Crippen LogP contribution in [0.2, 0.25) is 0 Å². The predicted octanol–water partition coefficient (Wildman–Crippen LogP) is 3.79. The number of nitrogens with zero attached hydrogens (tertiary/aromatic N) is 3. The third-order valence-corrected chi connectivity index (χ3v) is 4.43. The number of hydrogen-bond donors (Lipinski definition) is 0. The Morgan fingerprint density at radius 2 is 1.65 bits per heavy atom. The van der Waals surface area contributed by atoms with Gasteiger partial charge in [0.15, 0.2) is 5.75 Å². The van der Waals surface area contributed by atoms with Crippen LogP contribution in [0.4, 0.5) is 0 Å². The molecule has 0 amide bonds. The first-order chi connectivity index (χ1) is 12.7. The largest absolute Gasteiger partial charge is 0.491 e. The van der Waals surface area contributed by atoms with Gasteiger partial charge in [-0.25, -0.2) is 0 Å². The predicted molar refractivity (Wildman–Crippen MR) is 103 cm³/mol. The van der Waals surface area contributed by atoms with Gasteiger partial charge in [-0.2, -0.15) is 9.78 Å². The van der Waals surface area contributed by atoms with E-state index in [9.17, 15) is 4.79 Å². The van der Waals surface area contributed by atoms with Crippen molar-refractivity contribution in [3.8, 4) is 22.7 Å². The maximum atomic E-state index is 13.2. The molecule has 2 aromatic carbocycles. The van der Waals surface area contributed by atoms with Crippen LogP contribution in [0.25, 0.3) is 27.8 Å². The lowest BCUT2D eigenvalue weighted by molar-refractivity contribution is 0.345. The summed E-state index contributed by atoms with van der Waals surface area (Å²) in [7, 11) is 1.93. The minimum atomic E-state index is -0.185. The maximum absolute atomic E-state index is 13.2. The Hall–Kier alpha value is -3.34. The van der Waals surface area contributed by atoms with Crippen LogP contribution in [0.15, 0.2) is 71.7 Å². The Balaban J connectivity index is 2.06. The minimum absolute atomic E-state index is 0.185.